The fourth-order valence-corrected chi connectivity index (χ4v) is 3.65. The second-order valence-electron chi connectivity index (χ2n) is 7.20. The Bertz CT molecular complexity index is 958. The smallest absolute Gasteiger partial charge is 0.254 e. The van der Waals surface area contributed by atoms with Crippen molar-refractivity contribution in [2.75, 3.05) is 0 Å². The van der Waals surface area contributed by atoms with E-state index in [4.69, 9.17) is 11.6 Å². The predicted molar refractivity (Wildman–Crippen MR) is 109 cm³/mol. The second kappa shape index (κ2) is 7.61. The third kappa shape index (κ3) is 3.93. The summed E-state index contributed by atoms with van der Waals surface area (Å²) in [4.78, 5) is 15.2. The summed E-state index contributed by atoms with van der Waals surface area (Å²) in [7, 11) is 0. The number of benzene rings is 2. The van der Waals surface area contributed by atoms with Crippen LogP contribution in [-0.2, 0) is 13.1 Å². The maximum absolute atomic E-state index is 13.2. The van der Waals surface area contributed by atoms with E-state index in [2.05, 4.69) is 16.8 Å². The van der Waals surface area contributed by atoms with Crippen molar-refractivity contribution in [3.05, 3.63) is 94.3 Å². The molecule has 0 bridgehead atoms. The van der Waals surface area contributed by atoms with Crippen molar-refractivity contribution in [1.29, 1.82) is 0 Å². The van der Waals surface area contributed by atoms with Crippen molar-refractivity contribution in [2.45, 2.75) is 38.9 Å². The molecule has 0 radical (unpaired) electrons. The van der Waals surface area contributed by atoms with Gasteiger partial charge in [-0.2, -0.15) is 0 Å². The molecule has 0 saturated heterocycles. The number of amides is 1. The molecule has 4 heteroatoms. The molecule has 138 valence electrons. The van der Waals surface area contributed by atoms with Gasteiger partial charge in [-0.25, -0.2) is 0 Å². The highest BCUT2D eigenvalue weighted by Gasteiger charge is 2.34. The van der Waals surface area contributed by atoms with E-state index in [1.54, 1.807) is 0 Å². The largest absolute Gasteiger partial charge is 0.345 e. The maximum Gasteiger partial charge on any atom is 0.254 e. The van der Waals surface area contributed by atoms with Gasteiger partial charge in [0, 0.05) is 35.1 Å². The molecule has 1 saturated carbocycles. The molecular weight excluding hydrogens is 356 g/mol. The van der Waals surface area contributed by atoms with Crippen LogP contribution >= 0.6 is 11.6 Å². The van der Waals surface area contributed by atoms with Gasteiger partial charge in [0.05, 0.1) is 6.54 Å². The molecule has 0 spiro atoms. The molecule has 0 N–H and O–H groups in total. The highest BCUT2D eigenvalue weighted by atomic mass is 35.5. The van der Waals surface area contributed by atoms with E-state index < -0.39 is 0 Å². The van der Waals surface area contributed by atoms with Crippen LogP contribution in [0.1, 0.15) is 40.0 Å². The highest BCUT2D eigenvalue weighted by molar-refractivity contribution is 6.31. The van der Waals surface area contributed by atoms with E-state index in [9.17, 15) is 4.79 Å². The number of rotatable bonds is 6. The molecule has 0 atom stereocenters. The van der Waals surface area contributed by atoms with Gasteiger partial charge in [-0.15, -0.1) is 0 Å². The second-order valence-corrected chi connectivity index (χ2v) is 7.61. The lowest BCUT2D eigenvalue weighted by Gasteiger charge is -2.24. The molecule has 0 aliphatic heterocycles. The minimum atomic E-state index is 0.126. The van der Waals surface area contributed by atoms with Gasteiger partial charge in [0.15, 0.2) is 0 Å². The zero-order valence-electron chi connectivity index (χ0n) is 15.4. The number of hydrogen-bond acceptors (Lipinski definition) is 1. The Morgan fingerprint density at radius 2 is 1.81 bits per heavy atom. The van der Waals surface area contributed by atoms with Crippen LogP contribution < -0.4 is 0 Å². The number of hydrogen-bond donors (Lipinski definition) is 0. The van der Waals surface area contributed by atoms with Crippen molar-refractivity contribution < 1.29 is 4.79 Å². The van der Waals surface area contributed by atoms with Gasteiger partial charge >= 0.3 is 0 Å². The minimum absolute atomic E-state index is 0.126. The van der Waals surface area contributed by atoms with Gasteiger partial charge in [-0.05, 0) is 55.2 Å². The van der Waals surface area contributed by atoms with Gasteiger partial charge in [0.25, 0.3) is 5.91 Å². The molecule has 2 aromatic carbocycles. The Kier molecular flexibility index (Phi) is 5.04. The number of aromatic nitrogens is 1. The summed E-state index contributed by atoms with van der Waals surface area (Å²) in [5.41, 5.74) is 4.04. The Balaban J connectivity index is 1.57. The first-order valence-corrected chi connectivity index (χ1v) is 9.75. The summed E-state index contributed by atoms with van der Waals surface area (Å²) < 4.78 is 2.18. The number of aryl methyl sites for hydroxylation is 1. The van der Waals surface area contributed by atoms with Gasteiger partial charge in [0.2, 0.25) is 0 Å². The van der Waals surface area contributed by atoms with Crippen LogP contribution in [0.2, 0.25) is 5.02 Å². The summed E-state index contributed by atoms with van der Waals surface area (Å²) in [6.07, 6.45) is 4.23. The van der Waals surface area contributed by atoms with Crippen LogP contribution in [0, 0.1) is 6.92 Å². The molecule has 1 amide bonds. The minimum Gasteiger partial charge on any atom is -0.345 e. The van der Waals surface area contributed by atoms with Gasteiger partial charge < -0.3 is 9.47 Å². The molecule has 1 fully saturated rings. The number of carbonyl (C=O) groups excluding carboxylic acids is 1. The number of carbonyl (C=O) groups is 1. The fraction of sp³-hybridized carbons (Fsp3) is 0.261. The Morgan fingerprint density at radius 3 is 2.56 bits per heavy atom. The monoisotopic (exact) mass is 378 g/mol. The zero-order valence-corrected chi connectivity index (χ0v) is 16.2. The lowest BCUT2D eigenvalue weighted by atomic mass is 10.1. The lowest BCUT2D eigenvalue weighted by Crippen LogP contribution is -2.33. The average molecular weight is 379 g/mol. The molecule has 0 unspecified atom stereocenters. The van der Waals surface area contributed by atoms with Crippen LogP contribution in [-0.4, -0.2) is 21.4 Å². The summed E-state index contributed by atoms with van der Waals surface area (Å²) in [6.45, 7) is 3.33. The van der Waals surface area contributed by atoms with Crippen molar-refractivity contribution in [2.24, 2.45) is 0 Å². The van der Waals surface area contributed by atoms with Crippen molar-refractivity contribution in [3.63, 3.8) is 0 Å². The SMILES string of the molecule is Cc1ccccc1C(=O)N(Cc1cccn1Cc1ccccc1Cl)C1CC1. The summed E-state index contributed by atoms with van der Waals surface area (Å²) >= 11 is 6.33. The highest BCUT2D eigenvalue weighted by Crippen LogP contribution is 2.30. The van der Waals surface area contributed by atoms with Gasteiger partial charge in [0.1, 0.15) is 0 Å². The van der Waals surface area contributed by atoms with Gasteiger partial charge in [-0.3, -0.25) is 4.79 Å². The van der Waals surface area contributed by atoms with Crippen molar-refractivity contribution in [1.82, 2.24) is 9.47 Å². The Morgan fingerprint density at radius 1 is 1.07 bits per heavy atom. The third-order valence-corrected chi connectivity index (χ3v) is 5.55. The van der Waals surface area contributed by atoms with E-state index in [1.165, 1.54) is 0 Å². The van der Waals surface area contributed by atoms with Crippen LogP contribution in [0.5, 0.6) is 0 Å². The van der Waals surface area contributed by atoms with E-state index in [0.29, 0.717) is 19.1 Å². The lowest BCUT2D eigenvalue weighted by molar-refractivity contribution is 0.0725. The maximum atomic E-state index is 13.2. The third-order valence-electron chi connectivity index (χ3n) is 5.18. The number of halogens is 1. The first-order valence-electron chi connectivity index (χ1n) is 9.37. The van der Waals surface area contributed by atoms with E-state index in [1.807, 2.05) is 66.4 Å². The molecule has 1 aromatic heterocycles. The zero-order chi connectivity index (χ0) is 18.8. The predicted octanol–water partition coefficient (Wildman–Crippen LogP) is 5.30. The first-order chi connectivity index (χ1) is 13.1. The molecule has 1 heterocycles. The topological polar surface area (TPSA) is 25.2 Å². The summed E-state index contributed by atoms with van der Waals surface area (Å²) in [5.74, 6) is 0.126. The molecule has 4 rings (SSSR count). The fourth-order valence-electron chi connectivity index (χ4n) is 3.45. The van der Waals surface area contributed by atoms with Gasteiger partial charge in [-0.1, -0.05) is 48.0 Å². The van der Waals surface area contributed by atoms with Crippen molar-refractivity contribution >= 4 is 17.5 Å². The Labute approximate surface area is 165 Å². The molecule has 27 heavy (non-hydrogen) atoms. The van der Waals surface area contributed by atoms with Crippen LogP contribution in [0.15, 0.2) is 66.9 Å². The summed E-state index contributed by atoms with van der Waals surface area (Å²) in [6, 6.07) is 20.2. The van der Waals surface area contributed by atoms with E-state index >= 15 is 0 Å². The Hall–Kier alpha value is -2.52. The van der Waals surface area contributed by atoms with Crippen LogP contribution in [0.25, 0.3) is 0 Å². The first kappa shape index (κ1) is 17.9. The van der Waals surface area contributed by atoms with Crippen LogP contribution in [0.3, 0.4) is 0 Å². The summed E-state index contributed by atoms with van der Waals surface area (Å²) in [5, 5.41) is 0.771. The standard InChI is InChI=1S/C23H23ClN2O/c1-17-7-2-4-10-21(17)23(27)26(19-12-13-19)16-20-9-6-14-25(20)15-18-8-3-5-11-22(18)24/h2-11,14,19H,12-13,15-16H2,1H3. The molecule has 1 aliphatic rings. The average Bonchev–Trinajstić information content (AvgIpc) is 3.42. The van der Waals surface area contributed by atoms with Crippen molar-refractivity contribution in [3.8, 4) is 0 Å². The molecule has 3 nitrogen and oxygen atoms in total. The molecule has 1 aliphatic carbocycles. The molecule has 3 aromatic rings. The van der Waals surface area contributed by atoms with Crippen LogP contribution in [0.4, 0.5) is 0 Å². The van der Waals surface area contributed by atoms with E-state index in [0.717, 1.165) is 40.2 Å². The quantitative estimate of drug-likeness (QED) is 0.571. The number of nitrogens with zero attached hydrogens (tertiary/aromatic N) is 2. The van der Waals surface area contributed by atoms with E-state index in [-0.39, 0.29) is 5.91 Å². The normalized spacial score (nSPS) is 13.6. The molecular formula is C23H23ClN2O.